The second-order valence-electron chi connectivity index (χ2n) is 3.57. The molecule has 1 heterocycles. The topological polar surface area (TPSA) is 88.9 Å². The summed E-state index contributed by atoms with van der Waals surface area (Å²) in [6.45, 7) is 0.888. The van der Waals surface area contributed by atoms with Crippen molar-refractivity contribution in [1.82, 2.24) is 15.5 Å². The van der Waals surface area contributed by atoms with Crippen LogP contribution in [0.3, 0.4) is 0 Å². The lowest BCUT2D eigenvalue weighted by molar-refractivity contribution is -0.438. The molecule has 0 aliphatic carbocycles. The van der Waals surface area contributed by atoms with Crippen molar-refractivity contribution in [3.05, 3.63) is 22.0 Å². The van der Waals surface area contributed by atoms with Crippen molar-refractivity contribution in [2.75, 3.05) is 34.4 Å². The molecule has 0 aromatic carbocycles. The van der Waals surface area contributed by atoms with E-state index in [1.807, 2.05) is 0 Å². The van der Waals surface area contributed by atoms with Crippen molar-refractivity contribution in [2.24, 2.45) is 0 Å². The van der Waals surface area contributed by atoms with E-state index >= 15 is 0 Å². The van der Waals surface area contributed by atoms with Crippen molar-refractivity contribution in [1.29, 1.82) is 0 Å². The highest BCUT2D eigenvalue weighted by molar-refractivity contribution is 5.04. The molecule has 8 nitrogen and oxygen atoms in total. The van der Waals surface area contributed by atoms with E-state index in [0.717, 1.165) is 0 Å². The Morgan fingerprint density at radius 1 is 1.65 bits per heavy atom. The Hall–Kier alpha value is -1.22. The van der Waals surface area contributed by atoms with E-state index in [1.54, 1.807) is 26.1 Å². The molecular formula is C9H18N4O4. The molecule has 1 rings (SSSR count). The van der Waals surface area contributed by atoms with Gasteiger partial charge in [-0.25, -0.2) is 4.90 Å². The molecule has 0 saturated carbocycles. The van der Waals surface area contributed by atoms with Gasteiger partial charge in [-0.2, -0.15) is 0 Å². The fourth-order valence-electron chi connectivity index (χ4n) is 1.61. The fraction of sp³-hybridized carbons (Fsp3) is 0.778. The van der Waals surface area contributed by atoms with Crippen LogP contribution in [0.15, 0.2) is 11.9 Å². The highest BCUT2D eigenvalue weighted by Crippen LogP contribution is 2.14. The Morgan fingerprint density at radius 3 is 2.88 bits per heavy atom. The Labute approximate surface area is 99.7 Å². The summed E-state index contributed by atoms with van der Waals surface area (Å²) in [6.07, 6.45) is 0.462. The minimum atomic E-state index is -0.487. The number of nitrogens with zero attached hydrogens (tertiary/aromatic N) is 2. The average molecular weight is 246 g/mol. The Balaban J connectivity index is 2.65. The Kier molecular flexibility index (Phi) is 5.29. The van der Waals surface area contributed by atoms with Crippen LogP contribution in [0.2, 0.25) is 0 Å². The highest BCUT2D eigenvalue weighted by Gasteiger charge is 2.35. The van der Waals surface area contributed by atoms with Crippen molar-refractivity contribution in [2.45, 2.75) is 12.5 Å². The second kappa shape index (κ2) is 6.50. The van der Waals surface area contributed by atoms with Crippen molar-refractivity contribution in [3.8, 4) is 0 Å². The largest absolute Gasteiger partial charge is 0.382 e. The fourth-order valence-corrected chi connectivity index (χ4v) is 1.61. The van der Waals surface area contributed by atoms with E-state index in [0.29, 0.717) is 13.2 Å². The van der Waals surface area contributed by atoms with Crippen LogP contribution in [0, 0.1) is 10.1 Å². The summed E-state index contributed by atoms with van der Waals surface area (Å²) in [5, 5.41) is 16.5. The molecule has 0 saturated heterocycles. The van der Waals surface area contributed by atoms with Gasteiger partial charge in [-0.1, -0.05) is 0 Å². The van der Waals surface area contributed by atoms with Crippen molar-refractivity contribution < 1.29 is 14.4 Å². The van der Waals surface area contributed by atoms with Gasteiger partial charge in [0.05, 0.1) is 24.3 Å². The molecule has 0 aromatic rings. The van der Waals surface area contributed by atoms with Gasteiger partial charge in [0.25, 0.3) is 5.70 Å². The van der Waals surface area contributed by atoms with E-state index in [4.69, 9.17) is 9.47 Å². The van der Waals surface area contributed by atoms with Crippen LogP contribution in [-0.4, -0.2) is 56.8 Å². The number of methoxy groups -OCH3 is 1. The lowest BCUT2D eigenvalue weighted by Crippen LogP contribution is -2.58. The normalized spacial score (nSPS) is 25.2. The van der Waals surface area contributed by atoms with E-state index < -0.39 is 17.4 Å². The third-order valence-corrected chi connectivity index (χ3v) is 2.48. The molecule has 1 aliphatic heterocycles. The van der Waals surface area contributed by atoms with Crippen molar-refractivity contribution in [3.63, 3.8) is 0 Å². The second-order valence-corrected chi connectivity index (χ2v) is 3.57. The first-order chi connectivity index (χ1) is 8.11. The summed E-state index contributed by atoms with van der Waals surface area (Å²) in [4.78, 5) is 12.1. The van der Waals surface area contributed by atoms with Crippen LogP contribution < -0.4 is 10.6 Å². The third kappa shape index (κ3) is 3.37. The molecule has 1 aliphatic rings. The number of hydrogen-bond acceptors (Lipinski definition) is 7. The van der Waals surface area contributed by atoms with Gasteiger partial charge >= 0.3 is 0 Å². The van der Waals surface area contributed by atoms with Gasteiger partial charge in [-0.3, -0.25) is 15.4 Å². The van der Waals surface area contributed by atoms with Gasteiger partial charge in [0.15, 0.2) is 12.5 Å². The predicted molar refractivity (Wildman–Crippen MR) is 60.4 cm³/mol. The maximum Gasteiger partial charge on any atom is 0.293 e. The first-order valence-corrected chi connectivity index (χ1v) is 5.22. The number of nitro groups is 1. The molecule has 8 heteroatoms. The highest BCUT2D eigenvalue weighted by atomic mass is 16.6. The smallest absolute Gasteiger partial charge is 0.293 e. The van der Waals surface area contributed by atoms with Gasteiger partial charge in [0.1, 0.15) is 0 Å². The number of hydrogen-bond donors (Lipinski definition) is 2. The Bertz CT molecular complexity index is 297. The monoisotopic (exact) mass is 246 g/mol. The molecule has 0 aromatic heterocycles. The zero-order valence-electron chi connectivity index (χ0n) is 10.2. The summed E-state index contributed by atoms with van der Waals surface area (Å²) in [5.74, 6) is 0. The van der Waals surface area contributed by atoms with Crippen LogP contribution in [0.5, 0.6) is 0 Å². The number of rotatable bonds is 6. The SMILES string of the molecule is CNC1C([N+](=O)[O-])=CNC(OCCOC)N1C. The quantitative estimate of drug-likeness (QED) is 0.358. The number of likely N-dealkylation sites (N-methyl/N-ethyl adjacent to an activating group) is 2. The first-order valence-electron chi connectivity index (χ1n) is 5.22. The van der Waals surface area contributed by atoms with Crippen LogP contribution >= 0.6 is 0 Å². The minimum Gasteiger partial charge on any atom is -0.382 e. The molecule has 98 valence electrons. The van der Waals surface area contributed by atoms with E-state index in [-0.39, 0.29) is 5.70 Å². The third-order valence-electron chi connectivity index (χ3n) is 2.48. The van der Waals surface area contributed by atoms with Crippen LogP contribution in [0.1, 0.15) is 0 Å². The summed E-state index contributed by atoms with van der Waals surface area (Å²) in [7, 11) is 4.99. The lowest BCUT2D eigenvalue weighted by atomic mass is 10.3. The standard InChI is InChI=1S/C9H18N4O4/c1-10-8-7(13(14)15)6-11-9(12(8)2)17-5-4-16-3/h6,8-11H,4-5H2,1-3H3. The zero-order chi connectivity index (χ0) is 12.8. The maximum absolute atomic E-state index is 10.8. The lowest BCUT2D eigenvalue weighted by Gasteiger charge is -2.35. The summed E-state index contributed by atoms with van der Waals surface area (Å²) < 4.78 is 10.3. The molecule has 0 bridgehead atoms. The molecule has 2 unspecified atom stereocenters. The summed E-state index contributed by atoms with van der Waals surface area (Å²) in [5.41, 5.74) is 0.0570. The Morgan fingerprint density at radius 2 is 2.35 bits per heavy atom. The molecular weight excluding hydrogens is 228 g/mol. The molecule has 2 N–H and O–H groups in total. The number of ether oxygens (including phenoxy) is 2. The van der Waals surface area contributed by atoms with Gasteiger partial charge < -0.3 is 14.8 Å². The molecule has 0 spiro atoms. The first kappa shape index (κ1) is 13.8. The minimum absolute atomic E-state index is 0.0570. The van der Waals surface area contributed by atoms with Gasteiger partial charge in [0, 0.05) is 7.11 Å². The van der Waals surface area contributed by atoms with Crippen molar-refractivity contribution >= 4 is 0 Å². The number of nitrogens with one attached hydrogen (secondary N) is 2. The van der Waals surface area contributed by atoms with Crippen LogP contribution in [0.25, 0.3) is 0 Å². The molecule has 0 radical (unpaired) electrons. The van der Waals surface area contributed by atoms with E-state index in [1.165, 1.54) is 6.20 Å². The predicted octanol–water partition coefficient (Wildman–Crippen LogP) is -0.868. The van der Waals surface area contributed by atoms with Gasteiger partial charge in [0.2, 0.25) is 0 Å². The summed E-state index contributed by atoms with van der Waals surface area (Å²) >= 11 is 0. The van der Waals surface area contributed by atoms with Crippen LogP contribution in [0.4, 0.5) is 0 Å². The van der Waals surface area contributed by atoms with E-state index in [9.17, 15) is 10.1 Å². The molecule has 2 atom stereocenters. The van der Waals surface area contributed by atoms with Crippen LogP contribution in [-0.2, 0) is 9.47 Å². The molecule has 17 heavy (non-hydrogen) atoms. The maximum atomic E-state index is 10.8. The summed E-state index contributed by atoms with van der Waals surface area (Å²) in [6, 6.07) is 0. The van der Waals surface area contributed by atoms with E-state index in [2.05, 4.69) is 10.6 Å². The van der Waals surface area contributed by atoms with Gasteiger partial charge in [-0.05, 0) is 14.1 Å². The van der Waals surface area contributed by atoms with Gasteiger partial charge in [-0.15, -0.1) is 0 Å². The average Bonchev–Trinajstić information content (AvgIpc) is 2.30. The molecule has 0 fully saturated rings. The molecule has 0 amide bonds. The zero-order valence-corrected chi connectivity index (χ0v) is 10.2.